The number of nitrogens with zero attached hydrogens (tertiary/aromatic N) is 2. The van der Waals surface area contributed by atoms with Gasteiger partial charge in [0.05, 0.1) is 6.20 Å². The zero-order chi connectivity index (χ0) is 12.4. The Bertz CT molecular complexity index is 528. The minimum atomic E-state index is 0.782. The molecule has 0 amide bonds. The molecule has 1 aromatic carbocycles. The molecule has 0 aliphatic rings. The lowest BCUT2D eigenvalue weighted by Gasteiger charge is -2.09. The molecule has 0 atom stereocenters. The number of aromatic nitrogens is 2. The fourth-order valence-electron chi connectivity index (χ4n) is 1.79. The van der Waals surface area contributed by atoms with Crippen LogP contribution in [-0.2, 0) is 13.6 Å². The third-order valence-corrected chi connectivity index (χ3v) is 3.06. The molecule has 0 spiro atoms. The van der Waals surface area contributed by atoms with Gasteiger partial charge in [-0.3, -0.25) is 4.68 Å². The van der Waals surface area contributed by atoms with Gasteiger partial charge < -0.3 is 11.1 Å². The van der Waals surface area contributed by atoms with Gasteiger partial charge >= 0.3 is 0 Å². The number of nitrogens with one attached hydrogen (secondary N) is 1. The Kier molecular flexibility index (Phi) is 3.04. The van der Waals surface area contributed by atoms with Crippen LogP contribution in [0.3, 0.4) is 0 Å². The summed E-state index contributed by atoms with van der Waals surface area (Å²) >= 11 is 0. The lowest BCUT2D eigenvalue weighted by atomic mass is 10.1. The number of anilines is 2. The first kappa shape index (κ1) is 11.5. The quantitative estimate of drug-likeness (QED) is 0.795. The second-order valence-corrected chi connectivity index (χ2v) is 4.31. The zero-order valence-corrected chi connectivity index (χ0v) is 10.5. The van der Waals surface area contributed by atoms with Gasteiger partial charge in [-0.25, -0.2) is 0 Å². The van der Waals surface area contributed by atoms with E-state index in [2.05, 4.69) is 24.3 Å². The topological polar surface area (TPSA) is 55.9 Å². The molecule has 2 rings (SSSR count). The third kappa shape index (κ3) is 2.41. The van der Waals surface area contributed by atoms with Gasteiger partial charge in [0, 0.05) is 36.2 Å². The van der Waals surface area contributed by atoms with Crippen LogP contribution < -0.4 is 11.1 Å². The van der Waals surface area contributed by atoms with Gasteiger partial charge in [0.2, 0.25) is 0 Å². The molecular formula is C13H18N4. The number of hydrogen-bond acceptors (Lipinski definition) is 3. The van der Waals surface area contributed by atoms with Crippen molar-refractivity contribution >= 4 is 11.4 Å². The Labute approximate surface area is 101 Å². The van der Waals surface area contributed by atoms with E-state index in [0.717, 1.165) is 23.5 Å². The summed E-state index contributed by atoms with van der Waals surface area (Å²) in [5.41, 5.74) is 11.2. The van der Waals surface area contributed by atoms with Crippen molar-refractivity contribution in [3.8, 4) is 0 Å². The molecule has 0 bridgehead atoms. The molecule has 2 aromatic rings. The molecule has 0 saturated carbocycles. The third-order valence-electron chi connectivity index (χ3n) is 3.06. The van der Waals surface area contributed by atoms with E-state index >= 15 is 0 Å². The lowest BCUT2D eigenvalue weighted by Crippen LogP contribution is -2.03. The summed E-state index contributed by atoms with van der Waals surface area (Å²) in [6, 6.07) is 5.89. The summed E-state index contributed by atoms with van der Waals surface area (Å²) in [6.45, 7) is 4.90. The van der Waals surface area contributed by atoms with Crippen LogP contribution in [0.5, 0.6) is 0 Å². The standard InChI is InChI=1S/C13H18N4/c1-9-6-12(14)4-5-13(9)15-7-11-8-16-17(3)10(11)2/h4-6,8,15H,7,14H2,1-3H3. The second kappa shape index (κ2) is 4.49. The monoisotopic (exact) mass is 230 g/mol. The SMILES string of the molecule is Cc1cc(N)ccc1NCc1cnn(C)c1C. The van der Waals surface area contributed by atoms with Crippen LogP contribution in [0.25, 0.3) is 0 Å². The molecule has 0 fully saturated rings. The Morgan fingerprint density at radius 1 is 1.35 bits per heavy atom. The van der Waals surface area contributed by atoms with Crippen LogP contribution in [0.1, 0.15) is 16.8 Å². The first-order valence-electron chi connectivity index (χ1n) is 5.65. The van der Waals surface area contributed by atoms with E-state index in [1.807, 2.05) is 36.1 Å². The Balaban J connectivity index is 2.10. The Morgan fingerprint density at radius 3 is 2.71 bits per heavy atom. The van der Waals surface area contributed by atoms with Crippen LogP contribution in [0.15, 0.2) is 24.4 Å². The fourth-order valence-corrected chi connectivity index (χ4v) is 1.79. The van der Waals surface area contributed by atoms with Gasteiger partial charge in [-0.15, -0.1) is 0 Å². The van der Waals surface area contributed by atoms with Crippen LogP contribution >= 0.6 is 0 Å². The van der Waals surface area contributed by atoms with Crippen molar-refractivity contribution in [3.05, 3.63) is 41.2 Å². The molecule has 1 aromatic heterocycles. The van der Waals surface area contributed by atoms with Crippen molar-refractivity contribution in [3.63, 3.8) is 0 Å². The first-order chi connectivity index (χ1) is 8.08. The summed E-state index contributed by atoms with van der Waals surface area (Å²) in [5, 5.41) is 7.62. The van der Waals surface area contributed by atoms with Crippen LogP contribution in [0, 0.1) is 13.8 Å². The fraction of sp³-hybridized carbons (Fsp3) is 0.308. The normalized spacial score (nSPS) is 10.5. The number of aryl methyl sites for hydroxylation is 2. The number of nitrogens with two attached hydrogens (primary N) is 1. The van der Waals surface area contributed by atoms with Crippen molar-refractivity contribution in [2.45, 2.75) is 20.4 Å². The molecule has 0 radical (unpaired) electrons. The molecule has 0 unspecified atom stereocenters. The largest absolute Gasteiger partial charge is 0.399 e. The predicted octanol–water partition coefficient (Wildman–Crippen LogP) is 2.23. The molecular weight excluding hydrogens is 212 g/mol. The molecule has 3 N–H and O–H groups in total. The minimum Gasteiger partial charge on any atom is -0.399 e. The maximum atomic E-state index is 5.72. The van der Waals surface area contributed by atoms with Gasteiger partial charge in [0.15, 0.2) is 0 Å². The highest BCUT2D eigenvalue weighted by molar-refractivity contribution is 5.57. The first-order valence-corrected chi connectivity index (χ1v) is 5.65. The summed E-state index contributed by atoms with van der Waals surface area (Å²) in [4.78, 5) is 0. The highest BCUT2D eigenvalue weighted by atomic mass is 15.3. The van der Waals surface area contributed by atoms with E-state index in [1.54, 1.807) is 0 Å². The summed E-state index contributed by atoms with van der Waals surface area (Å²) in [7, 11) is 1.95. The van der Waals surface area contributed by atoms with Gasteiger partial charge in [0.25, 0.3) is 0 Å². The minimum absolute atomic E-state index is 0.782. The molecule has 1 heterocycles. The summed E-state index contributed by atoms with van der Waals surface area (Å²) < 4.78 is 1.88. The molecule has 4 nitrogen and oxygen atoms in total. The molecule has 90 valence electrons. The molecule has 0 aliphatic heterocycles. The van der Waals surface area contributed by atoms with E-state index < -0.39 is 0 Å². The van der Waals surface area contributed by atoms with Crippen molar-refractivity contribution < 1.29 is 0 Å². The van der Waals surface area contributed by atoms with Crippen LogP contribution in [0.2, 0.25) is 0 Å². The van der Waals surface area contributed by atoms with Crippen molar-refractivity contribution in [1.82, 2.24) is 9.78 Å². The highest BCUT2D eigenvalue weighted by Crippen LogP contribution is 2.18. The van der Waals surface area contributed by atoms with E-state index in [0.29, 0.717) is 0 Å². The number of hydrogen-bond donors (Lipinski definition) is 2. The molecule has 0 aliphatic carbocycles. The van der Waals surface area contributed by atoms with E-state index in [1.165, 1.54) is 11.3 Å². The average molecular weight is 230 g/mol. The van der Waals surface area contributed by atoms with E-state index in [-0.39, 0.29) is 0 Å². The Morgan fingerprint density at radius 2 is 2.12 bits per heavy atom. The number of benzene rings is 1. The molecule has 17 heavy (non-hydrogen) atoms. The maximum Gasteiger partial charge on any atom is 0.0542 e. The number of nitrogen functional groups attached to an aromatic ring is 1. The summed E-state index contributed by atoms with van der Waals surface area (Å²) in [6.07, 6.45) is 1.90. The molecule has 4 heteroatoms. The van der Waals surface area contributed by atoms with Crippen molar-refractivity contribution in [2.75, 3.05) is 11.1 Å². The predicted molar refractivity (Wildman–Crippen MR) is 70.9 cm³/mol. The van der Waals surface area contributed by atoms with Crippen molar-refractivity contribution in [2.24, 2.45) is 7.05 Å². The van der Waals surface area contributed by atoms with Crippen LogP contribution in [0.4, 0.5) is 11.4 Å². The lowest BCUT2D eigenvalue weighted by molar-refractivity contribution is 0.738. The molecule has 0 saturated heterocycles. The highest BCUT2D eigenvalue weighted by Gasteiger charge is 2.04. The van der Waals surface area contributed by atoms with Gasteiger partial charge in [-0.1, -0.05) is 0 Å². The number of rotatable bonds is 3. The summed E-state index contributed by atoms with van der Waals surface area (Å²) in [5.74, 6) is 0. The van der Waals surface area contributed by atoms with Crippen molar-refractivity contribution in [1.29, 1.82) is 0 Å². The maximum absolute atomic E-state index is 5.72. The average Bonchev–Trinajstić information content (AvgIpc) is 2.59. The van der Waals surface area contributed by atoms with Gasteiger partial charge in [0.1, 0.15) is 0 Å². The Hall–Kier alpha value is -1.97. The van der Waals surface area contributed by atoms with Gasteiger partial charge in [-0.05, 0) is 37.6 Å². The van der Waals surface area contributed by atoms with Crippen LogP contribution in [-0.4, -0.2) is 9.78 Å². The smallest absolute Gasteiger partial charge is 0.0542 e. The van der Waals surface area contributed by atoms with E-state index in [4.69, 9.17) is 5.73 Å². The van der Waals surface area contributed by atoms with E-state index in [9.17, 15) is 0 Å². The van der Waals surface area contributed by atoms with Gasteiger partial charge in [-0.2, -0.15) is 5.10 Å². The second-order valence-electron chi connectivity index (χ2n) is 4.31. The zero-order valence-electron chi connectivity index (χ0n) is 10.5.